The molecule has 0 atom stereocenters. The van der Waals surface area contributed by atoms with Crippen LogP contribution in [0.15, 0.2) is 42.7 Å². The van der Waals surface area contributed by atoms with Gasteiger partial charge in [0.25, 0.3) is 0 Å². The average molecular weight is 201 g/mol. The summed E-state index contributed by atoms with van der Waals surface area (Å²) in [7, 11) is 1.53. The Kier molecular flexibility index (Phi) is 2.54. The Bertz CT molecular complexity index is 454. The topological polar surface area (TPSA) is 42.4 Å². The second kappa shape index (κ2) is 4.00. The fourth-order valence-electron chi connectivity index (χ4n) is 1.40. The Hall–Kier alpha value is -2.03. The highest BCUT2D eigenvalue weighted by Gasteiger charge is 2.03. The lowest BCUT2D eigenvalue weighted by Gasteiger charge is -2.06. The van der Waals surface area contributed by atoms with Gasteiger partial charge in [-0.05, 0) is 35.4 Å². The quantitative estimate of drug-likeness (QED) is 0.811. The first kappa shape index (κ1) is 9.52. The molecular formula is C12H11NO2. The molecule has 3 nitrogen and oxygen atoms in total. The summed E-state index contributed by atoms with van der Waals surface area (Å²) in [6.45, 7) is 0. The van der Waals surface area contributed by atoms with Crippen molar-refractivity contribution in [2.75, 3.05) is 7.11 Å². The van der Waals surface area contributed by atoms with Gasteiger partial charge in [-0.3, -0.25) is 4.98 Å². The van der Waals surface area contributed by atoms with Crippen molar-refractivity contribution in [3.63, 3.8) is 0 Å². The first-order valence-electron chi connectivity index (χ1n) is 4.58. The van der Waals surface area contributed by atoms with Gasteiger partial charge in [-0.1, -0.05) is 6.07 Å². The van der Waals surface area contributed by atoms with Crippen molar-refractivity contribution in [1.29, 1.82) is 0 Å². The normalized spacial score (nSPS) is 9.93. The van der Waals surface area contributed by atoms with E-state index in [0.29, 0.717) is 5.75 Å². The van der Waals surface area contributed by atoms with Crippen LogP contribution in [-0.4, -0.2) is 17.2 Å². The minimum atomic E-state index is 0.148. The molecule has 0 saturated carbocycles. The SMILES string of the molecule is COc1cc(-c2ccncc2)ccc1O. The zero-order valence-corrected chi connectivity index (χ0v) is 8.34. The fourth-order valence-corrected chi connectivity index (χ4v) is 1.40. The number of phenolic OH excluding ortho intramolecular Hbond substituents is 1. The maximum atomic E-state index is 9.44. The maximum Gasteiger partial charge on any atom is 0.161 e. The smallest absolute Gasteiger partial charge is 0.161 e. The molecule has 0 unspecified atom stereocenters. The van der Waals surface area contributed by atoms with E-state index in [0.717, 1.165) is 11.1 Å². The summed E-state index contributed by atoms with van der Waals surface area (Å²) in [5, 5.41) is 9.44. The number of phenols is 1. The van der Waals surface area contributed by atoms with Crippen LogP contribution < -0.4 is 4.74 Å². The van der Waals surface area contributed by atoms with Crippen LogP contribution in [0.25, 0.3) is 11.1 Å². The minimum Gasteiger partial charge on any atom is -0.504 e. The van der Waals surface area contributed by atoms with Crippen LogP contribution >= 0.6 is 0 Å². The first-order valence-corrected chi connectivity index (χ1v) is 4.58. The summed E-state index contributed by atoms with van der Waals surface area (Å²) >= 11 is 0. The number of nitrogens with zero attached hydrogens (tertiary/aromatic N) is 1. The van der Waals surface area contributed by atoms with Crippen molar-refractivity contribution in [1.82, 2.24) is 4.98 Å². The second-order valence-corrected chi connectivity index (χ2v) is 3.12. The predicted octanol–water partition coefficient (Wildman–Crippen LogP) is 2.46. The van der Waals surface area contributed by atoms with Gasteiger partial charge in [-0.25, -0.2) is 0 Å². The van der Waals surface area contributed by atoms with E-state index in [1.807, 2.05) is 18.2 Å². The molecule has 1 aromatic carbocycles. The molecule has 76 valence electrons. The van der Waals surface area contributed by atoms with Crippen molar-refractivity contribution in [2.45, 2.75) is 0 Å². The fraction of sp³-hybridized carbons (Fsp3) is 0.0833. The van der Waals surface area contributed by atoms with E-state index in [1.165, 1.54) is 7.11 Å². The van der Waals surface area contributed by atoms with Crippen molar-refractivity contribution >= 4 is 0 Å². The van der Waals surface area contributed by atoms with Crippen LogP contribution in [0.2, 0.25) is 0 Å². The third-order valence-electron chi connectivity index (χ3n) is 2.19. The number of rotatable bonds is 2. The number of pyridine rings is 1. The molecule has 0 bridgehead atoms. The van der Waals surface area contributed by atoms with Crippen molar-refractivity contribution in [2.24, 2.45) is 0 Å². The number of benzene rings is 1. The van der Waals surface area contributed by atoms with Gasteiger partial charge in [0.05, 0.1) is 7.11 Å². The zero-order chi connectivity index (χ0) is 10.7. The highest BCUT2D eigenvalue weighted by Crippen LogP contribution is 2.30. The van der Waals surface area contributed by atoms with Crippen LogP contribution in [0.4, 0.5) is 0 Å². The predicted molar refractivity (Wildman–Crippen MR) is 57.9 cm³/mol. The summed E-state index contributed by atoms with van der Waals surface area (Å²) in [5.41, 5.74) is 2.04. The van der Waals surface area contributed by atoms with Gasteiger partial charge in [0.2, 0.25) is 0 Å². The standard InChI is InChI=1S/C12H11NO2/c1-15-12-8-10(2-3-11(12)14)9-4-6-13-7-5-9/h2-8,14H,1H3. The average Bonchev–Trinajstić information content (AvgIpc) is 2.31. The molecule has 0 aliphatic carbocycles. The van der Waals surface area contributed by atoms with E-state index in [9.17, 15) is 5.11 Å². The molecule has 0 aliphatic heterocycles. The van der Waals surface area contributed by atoms with Crippen LogP contribution in [0.1, 0.15) is 0 Å². The van der Waals surface area contributed by atoms with Crippen LogP contribution in [-0.2, 0) is 0 Å². The number of hydrogen-bond acceptors (Lipinski definition) is 3. The largest absolute Gasteiger partial charge is 0.504 e. The Morgan fingerprint density at radius 2 is 1.80 bits per heavy atom. The number of hydrogen-bond donors (Lipinski definition) is 1. The molecular weight excluding hydrogens is 190 g/mol. The second-order valence-electron chi connectivity index (χ2n) is 3.12. The van der Waals surface area contributed by atoms with Gasteiger partial charge in [-0.15, -0.1) is 0 Å². The van der Waals surface area contributed by atoms with E-state index in [2.05, 4.69) is 4.98 Å². The summed E-state index contributed by atoms with van der Waals surface area (Å²) in [4.78, 5) is 3.95. The van der Waals surface area contributed by atoms with E-state index in [1.54, 1.807) is 24.5 Å². The number of ether oxygens (including phenoxy) is 1. The molecule has 1 N–H and O–H groups in total. The van der Waals surface area contributed by atoms with Crippen molar-refractivity contribution in [3.8, 4) is 22.6 Å². The maximum absolute atomic E-state index is 9.44. The van der Waals surface area contributed by atoms with Crippen molar-refractivity contribution < 1.29 is 9.84 Å². The van der Waals surface area contributed by atoms with Crippen LogP contribution in [0, 0.1) is 0 Å². The molecule has 15 heavy (non-hydrogen) atoms. The summed E-state index contributed by atoms with van der Waals surface area (Å²) in [5.74, 6) is 0.625. The third-order valence-corrected chi connectivity index (χ3v) is 2.19. The molecule has 2 aromatic rings. The summed E-state index contributed by atoms with van der Waals surface area (Å²) < 4.78 is 5.04. The molecule has 1 aromatic heterocycles. The lowest BCUT2D eigenvalue weighted by molar-refractivity contribution is 0.373. The molecule has 0 aliphatic rings. The molecule has 1 heterocycles. The van der Waals surface area contributed by atoms with Gasteiger partial charge in [-0.2, -0.15) is 0 Å². The summed E-state index contributed by atoms with van der Waals surface area (Å²) in [6, 6.07) is 9.07. The van der Waals surface area contributed by atoms with Gasteiger partial charge in [0.1, 0.15) is 0 Å². The Morgan fingerprint density at radius 3 is 2.47 bits per heavy atom. The van der Waals surface area contributed by atoms with E-state index >= 15 is 0 Å². The Labute approximate surface area is 88.0 Å². The lowest BCUT2D eigenvalue weighted by atomic mass is 10.1. The van der Waals surface area contributed by atoms with E-state index < -0.39 is 0 Å². The molecule has 2 rings (SSSR count). The molecule has 3 heteroatoms. The van der Waals surface area contributed by atoms with Gasteiger partial charge < -0.3 is 9.84 Å². The number of aromatic nitrogens is 1. The Morgan fingerprint density at radius 1 is 1.07 bits per heavy atom. The zero-order valence-electron chi connectivity index (χ0n) is 8.34. The van der Waals surface area contributed by atoms with Gasteiger partial charge >= 0.3 is 0 Å². The number of aromatic hydroxyl groups is 1. The van der Waals surface area contributed by atoms with Gasteiger partial charge in [0.15, 0.2) is 11.5 Å². The van der Waals surface area contributed by atoms with Gasteiger partial charge in [0, 0.05) is 12.4 Å². The Balaban J connectivity index is 2.46. The van der Waals surface area contributed by atoms with E-state index in [4.69, 9.17) is 4.74 Å². The first-order chi connectivity index (χ1) is 7.31. The van der Waals surface area contributed by atoms with Crippen LogP contribution in [0.3, 0.4) is 0 Å². The van der Waals surface area contributed by atoms with Crippen LogP contribution in [0.5, 0.6) is 11.5 Å². The highest BCUT2D eigenvalue weighted by atomic mass is 16.5. The number of methoxy groups -OCH3 is 1. The third kappa shape index (κ3) is 1.91. The van der Waals surface area contributed by atoms with E-state index in [-0.39, 0.29) is 5.75 Å². The minimum absolute atomic E-state index is 0.148. The molecule has 0 saturated heterocycles. The lowest BCUT2D eigenvalue weighted by Crippen LogP contribution is -1.85. The molecule has 0 spiro atoms. The summed E-state index contributed by atoms with van der Waals surface area (Å²) in [6.07, 6.45) is 3.46. The molecule has 0 fully saturated rings. The molecule has 0 radical (unpaired) electrons. The monoisotopic (exact) mass is 201 g/mol. The molecule has 0 amide bonds. The highest BCUT2D eigenvalue weighted by molar-refractivity contribution is 5.66. The van der Waals surface area contributed by atoms with Crippen molar-refractivity contribution in [3.05, 3.63) is 42.7 Å².